The molecule has 2 aliphatic rings. The fourth-order valence-corrected chi connectivity index (χ4v) is 4.60. The lowest BCUT2D eigenvalue weighted by Crippen LogP contribution is -2.47. The van der Waals surface area contributed by atoms with Crippen LogP contribution in [0.15, 0.2) is 66.7 Å². The summed E-state index contributed by atoms with van der Waals surface area (Å²) in [6.07, 6.45) is 4.46. The monoisotopic (exact) mass is 403 g/mol. The number of alkyl carbamates (subject to hydrolysis) is 1. The molecule has 154 valence electrons. The van der Waals surface area contributed by atoms with Crippen LogP contribution in [0, 0.1) is 0 Å². The second-order valence-electron chi connectivity index (χ2n) is 7.73. The van der Waals surface area contributed by atoms with Gasteiger partial charge in [0, 0.05) is 30.2 Å². The minimum atomic E-state index is -0.429. The Balaban J connectivity index is 1.43. The maximum absolute atomic E-state index is 12.6. The highest BCUT2D eigenvalue weighted by Gasteiger charge is 2.39. The minimum absolute atomic E-state index is 0.117. The smallest absolute Gasteiger partial charge is 0.408 e. The number of nitrogens with one attached hydrogen (secondary N) is 1. The first-order chi connectivity index (χ1) is 14.7. The first-order valence-electron chi connectivity index (χ1n) is 10.3. The Labute approximate surface area is 175 Å². The van der Waals surface area contributed by atoms with Crippen molar-refractivity contribution in [2.24, 2.45) is 7.05 Å². The van der Waals surface area contributed by atoms with Gasteiger partial charge in [-0.25, -0.2) is 4.79 Å². The molecule has 3 aromatic rings. The number of aryl methyl sites for hydroxylation is 1. The second-order valence-corrected chi connectivity index (χ2v) is 7.73. The van der Waals surface area contributed by atoms with Gasteiger partial charge >= 0.3 is 6.09 Å². The summed E-state index contributed by atoms with van der Waals surface area (Å²) in [5.41, 5.74) is 4.67. The third-order valence-corrected chi connectivity index (χ3v) is 5.95. The average molecular weight is 403 g/mol. The summed E-state index contributed by atoms with van der Waals surface area (Å²) in [5, 5.41) is 6.33. The Morgan fingerprint density at radius 1 is 1.17 bits per heavy atom. The van der Waals surface area contributed by atoms with Crippen molar-refractivity contribution < 1.29 is 14.4 Å². The number of nitrogens with zero attached hydrogens (tertiary/aromatic N) is 2. The highest BCUT2D eigenvalue weighted by molar-refractivity contribution is 5.86. The number of hydroxylamine groups is 2. The summed E-state index contributed by atoms with van der Waals surface area (Å²) >= 11 is 0. The van der Waals surface area contributed by atoms with E-state index in [2.05, 4.69) is 41.2 Å². The van der Waals surface area contributed by atoms with Crippen molar-refractivity contribution in [3.05, 3.63) is 83.6 Å². The molecule has 3 heterocycles. The number of hydrogen-bond donors (Lipinski definition) is 1. The lowest BCUT2D eigenvalue weighted by molar-refractivity contribution is -0.184. The van der Waals surface area contributed by atoms with Crippen LogP contribution in [0.1, 0.15) is 22.9 Å². The van der Waals surface area contributed by atoms with Gasteiger partial charge in [0.1, 0.15) is 6.61 Å². The quantitative estimate of drug-likeness (QED) is 0.675. The molecule has 1 N–H and O–H groups in total. The van der Waals surface area contributed by atoms with Gasteiger partial charge in [-0.3, -0.25) is 4.84 Å². The molecule has 2 atom stereocenters. The van der Waals surface area contributed by atoms with Crippen molar-refractivity contribution in [1.82, 2.24) is 14.9 Å². The van der Waals surface area contributed by atoms with Gasteiger partial charge in [-0.2, -0.15) is 5.06 Å². The average Bonchev–Trinajstić information content (AvgIpc) is 2.93. The number of carbonyl (C=O) groups is 1. The lowest BCUT2D eigenvalue weighted by atomic mass is 9.94. The van der Waals surface area contributed by atoms with E-state index in [4.69, 9.17) is 9.57 Å². The number of hydrogen-bond acceptors (Lipinski definition) is 4. The van der Waals surface area contributed by atoms with Gasteiger partial charge in [0.25, 0.3) is 0 Å². The van der Waals surface area contributed by atoms with E-state index in [9.17, 15) is 4.79 Å². The van der Waals surface area contributed by atoms with E-state index in [1.807, 2.05) is 47.5 Å². The molecule has 0 unspecified atom stereocenters. The molecule has 6 heteroatoms. The number of para-hydroxylation sites is 1. The number of amides is 1. The zero-order chi connectivity index (χ0) is 20.5. The first kappa shape index (κ1) is 18.9. The van der Waals surface area contributed by atoms with Crippen molar-refractivity contribution in [2.75, 3.05) is 13.2 Å². The fourth-order valence-electron chi connectivity index (χ4n) is 4.60. The van der Waals surface area contributed by atoms with Gasteiger partial charge in [0.05, 0.1) is 18.7 Å². The zero-order valence-corrected chi connectivity index (χ0v) is 17.0. The predicted octanol–water partition coefficient (Wildman–Crippen LogP) is 3.87. The van der Waals surface area contributed by atoms with E-state index < -0.39 is 6.09 Å². The van der Waals surface area contributed by atoms with Gasteiger partial charge in [0.15, 0.2) is 0 Å². The van der Waals surface area contributed by atoms with Crippen LogP contribution in [-0.4, -0.2) is 34.9 Å². The molecule has 0 bridgehead atoms. The van der Waals surface area contributed by atoms with Gasteiger partial charge in [-0.15, -0.1) is 0 Å². The topological polar surface area (TPSA) is 55.7 Å². The van der Waals surface area contributed by atoms with E-state index in [1.165, 1.54) is 22.2 Å². The maximum Gasteiger partial charge on any atom is 0.408 e. The van der Waals surface area contributed by atoms with E-state index >= 15 is 0 Å². The van der Waals surface area contributed by atoms with Gasteiger partial charge in [-0.1, -0.05) is 60.7 Å². The molecule has 0 aliphatic carbocycles. The van der Waals surface area contributed by atoms with Crippen LogP contribution in [0.3, 0.4) is 0 Å². The highest BCUT2D eigenvalue weighted by Crippen LogP contribution is 2.39. The largest absolute Gasteiger partial charge is 0.445 e. The van der Waals surface area contributed by atoms with Crippen molar-refractivity contribution in [3.8, 4) is 0 Å². The maximum atomic E-state index is 12.6. The molecule has 2 aromatic carbocycles. The highest BCUT2D eigenvalue weighted by atomic mass is 16.7. The van der Waals surface area contributed by atoms with Crippen LogP contribution in [0.5, 0.6) is 0 Å². The molecule has 1 amide bonds. The van der Waals surface area contributed by atoms with Crippen molar-refractivity contribution in [2.45, 2.75) is 25.1 Å². The Kier molecular flexibility index (Phi) is 5.02. The minimum Gasteiger partial charge on any atom is -0.445 e. The Hall–Kier alpha value is -3.09. The van der Waals surface area contributed by atoms with Gasteiger partial charge in [0.2, 0.25) is 0 Å². The third-order valence-electron chi connectivity index (χ3n) is 5.95. The number of aromatic nitrogens is 1. The summed E-state index contributed by atoms with van der Waals surface area (Å²) in [5.74, 6) is 0. The van der Waals surface area contributed by atoms with Crippen LogP contribution < -0.4 is 5.32 Å². The van der Waals surface area contributed by atoms with E-state index in [1.54, 1.807) is 0 Å². The summed E-state index contributed by atoms with van der Waals surface area (Å²) in [7, 11) is 2.09. The molecule has 2 aliphatic heterocycles. The van der Waals surface area contributed by atoms with E-state index in [0.717, 1.165) is 18.5 Å². The Morgan fingerprint density at radius 3 is 2.83 bits per heavy atom. The molecule has 5 rings (SSSR count). The summed E-state index contributed by atoms with van der Waals surface area (Å²) in [6.45, 7) is 1.52. The predicted molar refractivity (Wildman–Crippen MR) is 115 cm³/mol. The molecular formula is C24H25N3O3. The Morgan fingerprint density at radius 2 is 1.97 bits per heavy atom. The summed E-state index contributed by atoms with van der Waals surface area (Å²) in [6, 6.07) is 17.8. The number of ether oxygens (including phenoxy) is 1. The van der Waals surface area contributed by atoms with E-state index in [-0.39, 0.29) is 18.7 Å². The summed E-state index contributed by atoms with van der Waals surface area (Å²) < 4.78 is 7.71. The van der Waals surface area contributed by atoms with Crippen LogP contribution in [0.4, 0.5) is 4.79 Å². The SMILES string of the molecule is Cn1c2c(c3ccccc31)CCN1OCC=C[C@H](NC(=O)OCc3ccccc3)[C@@H]21. The van der Waals surface area contributed by atoms with Crippen LogP contribution >= 0.6 is 0 Å². The lowest BCUT2D eigenvalue weighted by Gasteiger charge is -2.37. The molecular weight excluding hydrogens is 378 g/mol. The number of carbonyl (C=O) groups excluding carboxylic acids is 1. The van der Waals surface area contributed by atoms with Crippen molar-refractivity contribution >= 4 is 17.0 Å². The van der Waals surface area contributed by atoms with E-state index in [0.29, 0.717) is 6.61 Å². The first-order valence-corrected chi connectivity index (χ1v) is 10.3. The molecule has 30 heavy (non-hydrogen) atoms. The fraction of sp³-hybridized carbons (Fsp3) is 0.292. The summed E-state index contributed by atoms with van der Waals surface area (Å²) in [4.78, 5) is 18.6. The molecule has 0 saturated carbocycles. The van der Waals surface area contributed by atoms with Crippen molar-refractivity contribution in [3.63, 3.8) is 0 Å². The molecule has 0 radical (unpaired) electrons. The third kappa shape index (κ3) is 3.38. The Bertz CT molecular complexity index is 1090. The van der Waals surface area contributed by atoms with Gasteiger partial charge < -0.3 is 14.6 Å². The number of rotatable bonds is 3. The van der Waals surface area contributed by atoms with Crippen LogP contribution in [-0.2, 0) is 29.6 Å². The van der Waals surface area contributed by atoms with Crippen molar-refractivity contribution in [1.29, 1.82) is 0 Å². The molecule has 6 nitrogen and oxygen atoms in total. The molecule has 0 fully saturated rings. The second kappa shape index (κ2) is 7.97. The number of fused-ring (bicyclic) bond motifs is 5. The number of benzene rings is 2. The molecule has 0 spiro atoms. The molecule has 1 aromatic heterocycles. The standard InChI is InChI=1S/C24H25N3O3/c1-26-21-12-6-5-10-18(21)19-13-14-27-23(22(19)26)20(11-7-15-30-27)25-24(28)29-16-17-8-3-2-4-9-17/h2-12,20,23H,13-16H2,1H3,(H,25,28)/t20-,23-/m0/s1. The van der Waals surface area contributed by atoms with Gasteiger partial charge in [-0.05, 0) is 23.6 Å². The zero-order valence-electron chi connectivity index (χ0n) is 17.0. The van der Waals surface area contributed by atoms with Crippen LogP contribution in [0.2, 0.25) is 0 Å². The van der Waals surface area contributed by atoms with Crippen LogP contribution in [0.25, 0.3) is 10.9 Å². The molecule has 0 saturated heterocycles. The normalized spacial score (nSPS) is 21.0.